The van der Waals surface area contributed by atoms with Crippen LogP contribution in [0.4, 0.5) is 4.79 Å². The molecule has 138 valence electrons. The van der Waals surface area contributed by atoms with Gasteiger partial charge in [0.1, 0.15) is 0 Å². The van der Waals surface area contributed by atoms with E-state index in [1.165, 1.54) is 17.0 Å². The summed E-state index contributed by atoms with van der Waals surface area (Å²) in [4.78, 5) is 15.3. The van der Waals surface area contributed by atoms with Crippen LogP contribution in [-0.2, 0) is 10.0 Å². The van der Waals surface area contributed by atoms with E-state index in [2.05, 4.69) is 9.93 Å². The van der Waals surface area contributed by atoms with Crippen LogP contribution in [0.3, 0.4) is 0 Å². The highest BCUT2D eigenvalue weighted by molar-refractivity contribution is 7.89. The Morgan fingerprint density at radius 2 is 1.88 bits per heavy atom. The normalized spacial score (nSPS) is 20.6. The lowest BCUT2D eigenvalue weighted by Gasteiger charge is -2.42. The molecule has 0 spiro atoms. The molecular formula is C17H25N3O4S. The number of aryl methyl sites for hydroxylation is 1. The van der Waals surface area contributed by atoms with Gasteiger partial charge in [0.25, 0.3) is 10.0 Å². The fourth-order valence-corrected chi connectivity index (χ4v) is 3.89. The average molecular weight is 367 g/mol. The second-order valence-corrected chi connectivity index (χ2v) is 9.02. The van der Waals surface area contributed by atoms with Gasteiger partial charge in [-0.15, -0.1) is 0 Å². The Morgan fingerprint density at radius 3 is 2.40 bits per heavy atom. The molecule has 2 rings (SSSR count). The highest BCUT2D eigenvalue weighted by Crippen LogP contribution is 2.30. The minimum Gasteiger partial charge on any atom is -0.465 e. The molecule has 1 aromatic rings. The molecule has 0 aromatic heterocycles. The second kappa shape index (κ2) is 7.03. The topological polar surface area (TPSA) is 99.1 Å². The number of amides is 1. The third kappa shape index (κ3) is 4.50. The van der Waals surface area contributed by atoms with E-state index in [1.54, 1.807) is 12.1 Å². The molecule has 1 heterocycles. The molecule has 1 unspecified atom stereocenters. The maximum Gasteiger partial charge on any atom is 0.407 e. The standard InChI is InChI=1S/C17H25N3O4S/c1-12-7-9-13(10-8-12)25(23,24)19-18-14-6-5-11-20(16(21)22)15(14)17(2,3)4/h7-10,15,19H,5-6,11H2,1-4H3,(H,21,22). The molecule has 1 aliphatic rings. The van der Waals surface area contributed by atoms with Crippen molar-refractivity contribution < 1.29 is 18.3 Å². The third-order valence-corrected chi connectivity index (χ3v) is 5.39. The second-order valence-electron chi connectivity index (χ2n) is 7.36. The van der Waals surface area contributed by atoms with Crippen molar-refractivity contribution in [3.63, 3.8) is 0 Å². The molecule has 0 saturated carbocycles. The van der Waals surface area contributed by atoms with Crippen molar-refractivity contribution in [1.82, 2.24) is 9.73 Å². The smallest absolute Gasteiger partial charge is 0.407 e. The number of likely N-dealkylation sites (tertiary alicyclic amines) is 1. The Labute approximate surface area is 148 Å². The first-order chi connectivity index (χ1) is 11.5. The van der Waals surface area contributed by atoms with Crippen LogP contribution in [0.25, 0.3) is 0 Å². The Hall–Kier alpha value is -2.09. The fourth-order valence-electron chi connectivity index (χ4n) is 3.06. The summed E-state index contributed by atoms with van der Waals surface area (Å²) in [5.74, 6) is 0. The predicted octanol–water partition coefficient (Wildman–Crippen LogP) is 2.82. The van der Waals surface area contributed by atoms with Crippen molar-refractivity contribution in [3.05, 3.63) is 29.8 Å². The molecule has 1 fully saturated rings. The number of benzene rings is 1. The minimum absolute atomic E-state index is 0.126. The van der Waals surface area contributed by atoms with Gasteiger partial charge in [0.05, 0.1) is 16.6 Å². The molecule has 25 heavy (non-hydrogen) atoms. The van der Waals surface area contributed by atoms with E-state index < -0.39 is 27.6 Å². The molecule has 8 heteroatoms. The summed E-state index contributed by atoms with van der Waals surface area (Å²) < 4.78 is 24.8. The number of carbonyl (C=O) groups is 1. The summed E-state index contributed by atoms with van der Waals surface area (Å²) in [5.41, 5.74) is 1.10. The average Bonchev–Trinajstić information content (AvgIpc) is 2.52. The van der Waals surface area contributed by atoms with Gasteiger partial charge >= 0.3 is 6.09 Å². The minimum atomic E-state index is -3.79. The lowest BCUT2D eigenvalue weighted by Crippen LogP contribution is -2.55. The number of nitrogens with zero attached hydrogens (tertiary/aromatic N) is 2. The largest absolute Gasteiger partial charge is 0.465 e. The number of hydrogen-bond acceptors (Lipinski definition) is 4. The van der Waals surface area contributed by atoms with Crippen molar-refractivity contribution >= 4 is 21.8 Å². The van der Waals surface area contributed by atoms with E-state index in [1.807, 2.05) is 27.7 Å². The van der Waals surface area contributed by atoms with Crippen LogP contribution in [-0.4, -0.2) is 42.8 Å². The van der Waals surface area contributed by atoms with Gasteiger partial charge in [-0.1, -0.05) is 38.5 Å². The maximum absolute atomic E-state index is 12.4. The molecule has 1 aromatic carbocycles. The number of piperidine rings is 1. The zero-order chi connectivity index (χ0) is 18.8. The lowest BCUT2D eigenvalue weighted by molar-refractivity contribution is 0.101. The Kier molecular flexibility index (Phi) is 5.41. The van der Waals surface area contributed by atoms with Crippen molar-refractivity contribution in [2.24, 2.45) is 10.5 Å². The van der Waals surface area contributed by atoms with E-state index in [0.717, 1.165) is 5.56 Å². The fraction of sp³-hybridized carbons (Fsp3) is 0.529. The zero-order valence-corrected chi connectivity index (χ0v) is 15.8. The summed E-state index contributed by atoms with van der Waals surface area (Å²) in [6.45, 7) is 8.05. The number of carboxylic acid groups (broad SMARTS) is 1. The van der Waals surface area contributed by atoms with Crippen LogP contribution in [0.15, 0.2) is 34.3 Å². The first-order valence-corrected chi connectivity index (χ1v) is 9.65. The van der Waals surface area contributed by atoms with E-state index in [4.69, 9.17) is 0 Å². The monoisotopic (exact) mass is 367 g/mol. The lowest BCUT2D eigenvalue weighted by atomic mass is 9.79. The number of sulfonamides is 1. The van der Waals surface area contributed by atoms with E-state index in [-0.39, 0.29) is 4.90 Å². The zero-order valence-electron chi connectivity index (χ0n) is 15.0. The Bertz CT molecular complexity index is 764. The number of hydrogen-bond donors (Lipinski definition) is 2. The van der Waals surface area contributed by atoms with E-state index >= 15 is 0 Å². The molecule has 1 saturated heterocycles. The van der Waals surface area contributed by atoms with Crippen LogP contribution >= 0.6 is 0 Å². The molecule has 1 atom stereocenters. The third-order valence-electron chi connectivity index (χ3n) is 4.17. The maximum atomic E-state index is 12.4. The molecule has 0 aliphatic carbocycles. The van der Waals surface area contributed by atoms with E-state index in [9.17, 15) is 18.3 Å². The molecular weight excluding hydrogens is 342 g/mol. The predicted molar refractivity (Wildman–Crippen MR) is 96.1 cm³/mol. The van der Waals surface area contributed by atoms with E-state index in [0.29, 0.717) is 25.1 Å². The molecule has 0 radical (unpaired) electrons. The summed E-state index contributed by atoms with van der Waals surface area (Å²) in [7, 11) is -3.79. The molecule has 1 aliphatic heterocycles. The molecule has 2 N–H and O–H groups in total. The van der Waals surface area contributed by atoms with Crippen molar-refractivity contribution in [2.45, 2.75) is 51.5 Å². The quantitative estimate of drug-likeness (QED) is 0.803. The van der Waals surface area contributed by atoms with Crippen LogP contribution in [0.2, 0.25) is 0 Å². The summed E-state index contributed by atoms with van der Waals surface area (Å²) in [6.07, 6.45) is 0.153. The number of hydrazone groups is 1. The van der Waals surface area contributed by atoms with Crippen LogP contribution < -0.4 is 4.83 Å². The highest BCUT2D eigenvalue weighted by Gasteiger charge is 2.39. The van der Waals surface area contributed by atoms with Gasteiger partial charge in [-0.3, -0.25) is 4.90 Å². The van der Waals surface area contributed by atoms with Crippen molar-refractivity contribution in [3.8, 4) is 0 Å². The highest BCUT2D eigenvalue weighted by atomic mass is 32.2. The van der Waals surface area contributed by atoms with Crippen molar-refractivity contribution in [1.29, 1.82) is 0 Å². The summed E-state index contributed by atoms with van der Waals surface area (Å²) in [6, 6.07) is 5.99. The number of rotatable bonds is 3. The van der Waals surface area contributed by atoms with Gasteiger partial charge in [0.2, 0.25) is 0 Å². The first kappa shape index (κ1) is 19.2. The van der Waals surface area contributed by atoms with Gasteiger partial charge in [0.15, 0.2) is 0 Å². The van der Waals surface area contributed by atoms with Crippen molar-refractivity contribution in [2.75, 3.05) is 6.54 Å². The van der Waals surface area contributed by atoms with Crippen LogP contribution in [0.1, 0.15) is 39.2 Å². The first-order valence-electron chi connectivity index (χ1n) is 8.17. The van der Waals surface area contributed by atoms with Gasteiger partial charge in [-0.25, -0.2) is 9.63 Å². The molecule has 0 bridgehead atoms. The SMILES string of the molecule is Cc1ccc(S(=O)(=O)NN=C2CCCN(C(=O)O)C2C(C)(C)C)cc1. The molecule has 7 nitrogen and oxygen atoms in total. The Balaban J connectivity index is 2.31. The van der Waals surface area contributed by atoms with Crippen LogP contribution in [0.5, 0.6) is 0 Å². The van der Waals surface area contributed by atoms with Gasteiger partial charge in [-0.2, -0.15) is 13.5 Å². The van der Waals surface area contributed by atoms with Crippen LogP contribution in [0, 0.1) is 12.3 Å². The van der Waals surface area contributed by atoms with Gasteiger partial charge < -0.3 is 5.11 Å². The van der Waals surface area contributed by atoms with Gasteiger partial charge in [0, 0.05) is 6.54 Å². The van der Waals surface area contributed by atoms with Gasteiger partial charge in [-0.05, 0) is 37.3 Å². The summed E-state index contributed by atoms with van der Waals surface area (Å²) >= 11 is 0. The number of nitrogens with one attached hydrogen (secondary N) is 1. The molecule has 1 amide bonds. The summed E-state index contributed by atoms with van der Waals surface area (Å²) in [5, 5.41) is 13.6. The Morgan fingerprint density at radius 1 is 1.28 bits per heavy atom.